The van der Waals surface area contributed by atoms with Crippen LogP contribution >= 0.6 is 0 Å². The standard InChI is InChI=1S/C10H18N2O3/c1-6(2)4-8(10(14)15-3)12-5-7(11)9(12)13/h6-8H,4-5,11H2,1-3H3. The Bertz CT molecular complexity index is 265. The largest absolute Gasteiger partial charge is 0.467 e. The molecule has 0 spiro atoms. The lowest BCUT2D eigenvalue weighted by Crippen LogP contribution is -2.65. The molecule has 5 nitrogen and oxygen atoms in total. The highest BCUT2D eigenvalue weighted by Gasteiger charge is 2.41. The molecule has 1 aliphatic heterocycles. The maximum absolute atomic E-state index is 11.5. The fraction of sp³-hybridized carbons (Fsp3) is 0.800. The predicted octanol–water partition coefficient (Wildman–Crippen LogP) is -0.256. The van der Waals surface area contributed by atoms with E-state index in [4.69, 9.17) is 5.73 Å². The van der Waals surface area contributed by atoms with Gasteiger partial charge in [-0.2, -0.15) is 0 Å². The fourth-order valence-electron chi connectivity index (χ4n) is 1.69. The zero-order valence-corrected chi connectivity index (χ0v) is 9.40. The van der Waals surface area contributed by atoms with Gasteiger partial charge in [0.15, 0.2) is 0 Å². The summed E-state index contributed by atoms with van der Waals surface area (Å²) >= 11 is 0. The third-order valence-electron chi connectivity index (χ3n) is 2.54. The van der Waals surface area contributed by atoms with E-state index in [9.17, 15) is 9.59 Å². The molecule has 2 unspecified atom stereocenters. The van der Waals surface area contributed by atoms with Crippen LogP contribution in [0.25, 0.3) is 0 Å². The molecule has 1 saturated heterocycles. The van der Waals surface area contributed by atoms with E-state index in [-0.39, 0.29) is 11.9 Å². The number of carbonyl (C=O) groups excluding carboxylic acids is 2. The molecule has 5 heteroatoms. The Morgan fingerprint density at radius 1 is 1.67 bits per heavy atom. The van der Waals surface area contributed by atoms with Crippen LogP contribution in [0.5, 0.6) is 0 Å². The second-order valence-electron chi connectivity index (χ2n) is 4.27. The van der Waals surface area contributed by atoms with Gasteiger partial charge in [-0.1, -0.05) is 13.8 Å². The van der Waals surface area contributed by atoms with Crippen LogP contribution in [-0.2, 0) is 14.3 Å². The van der Waals surface area contributed by atoms with E-state index in [1.807, 2.05) is 13.8 Å². The Morgan fingerprint density at radius 3 is 2.60 bits per heavy atom. The molecule has 1 aliphatic rings. The lowest BCUT2D eigenvalue weighted by molar-refractivity contribution is -0.160. The summed E-state index contributed by atoms with van der Waals surface area (Å²) in [4.78, 5) is 24.4. The van der Waals surface area contributed by atoms with Crippen LogP contribution in [0.1, 0.15) is 20.3 Å². The van der Waals surface area contributed by atoms with E-state index in [1.165, 1.54) is 12.0 Å². The highest BCUT2D eigenvalue weighted by molar-refractivity contribution is 5.92. The molecule has 0 aromatic rings. The van der Waals surface area contributed by atoms with Gasteiger partial charge in [-0.05, 0) is 12.3 Å². The molecular formula is C10H18N2O3. The molecule has 0 bridgehead atoms. The van der Waals surface area contributed by atoms with Crippen LogP contribution < -0.4 is 5.73 Å². The van der Waals surface area contributed by atoms with E-state index < -0.39 is 12.1 Å². The van der Waals surface area contributed by atoms with Crippen molar-refractivity contribution in [2.45, 2.75) is 32.4 Å². The zero-order chi connectivity index (χ0) is 11.6. The molecule has 1 heterocycles. The fourth-order valence-corrected chi connectivity index (χ4v) is 1.69. The number of nitrogens with two attached hydrogens (primary N) is 1. The Balaban J connectivity index is 2.65. The van der Waals surface area contributed by atoms with Gasteiger partial charge in [-0.3, -0.25) is 4.79 Å². The average Bonchev–Trinajstić information content (AvgIpc) is 2.21. The third-order valence-corrected chi connectivity index (χ3v) is 2.54. The topological polar surface area (TPSA) is 72.6 Å². The molecule has 0 radical (unpaired) electrons. The summed E-state index contributed by atoms with van der Waals surface area (Å²) < 4.78 is 4.68. The van der Waals surface area contributed by atoms with Crippen molar-refractivity contribution in [2.75, 3.05) is 13.7 Å². The van der Waals surface area contributed by atoms with Gasteiger partial charge in [0, 0.05) is 6.54 Å². The number of carbonyl (C=O) groups is 2. The quantitative estimate of drug-likeness (QED) is 0.517. The Hall–Kier alpha value is -1.10. The summed E-state index contributed by atoms with van der Waals surface area (Å²) in [6.45, 7) is 4.45. The predicted molar refractivity (Wildman–Crippen MR) is 54.9 cm³/mol. The smallest absolute Gasteiger partial charge is 0.328 e. The van der Waals surface area contributed by atoms with Gasteiger partial charge in [0.2, 0.25) is 5.91 Å². The van der Waals surface area contributed by atoms with Crippen LogP contribution in [0, 0.1) is 5.92 Å². The van der Waals surface area contributed by atoms with Crippen molar-refractivity contribution >= 4 is 11.9 Å². The number of hydrogen-bond acceptors (Lipinski definition) is 4. The van der Waals surface area contributed by atoms with Crippen LogP contribution in [0.3, 0.4) is 0 Å². The first-order chi connectivity index (χ1) is 6.97. The number of likely N-dealkylation sites (tertiary alicyclic amines) is 1. The highest BCUT2D eigenvalue weighted by atomic mass is 16.5. The van der Waals surface area contributed by atoms with Crippen molar-refractivity contribution in [3.8, 4) is 0 Å². The van der Waals surface area contributed by atoms with Crippen molar-refractivity contribution in [1.29, 1.82) is 0 Å². The van der Waals surface area contributed by atoms with Crippen LogP contribution in [0.15, 0.2) is 0 Å². The molecular weight excluding hydrogens is 196 g/mol. The lowest BCUT2D eigenvalue weighted by Gasteiger charge is -2.41. The molecule has 0 aromatic heterocycles. The highest BCUT2D eigenvalue weighted by Crippen LogP contribution is 2.19. The Morgan fingerprint density at radius 2 is 2.27 bits per heavy atom. The minimum absolute atomic E-state index is 0.161. The number of nitrogens with zero attached hydrogens (tertiary/aromatic N) is 1. The van der Waals surface area contributed by atoms with Crippen molar-refractivity contribution in [1.82, 2.24) is 4.90 Å². The number of rotatable bonds is 4. The number of esters is 1. The van der Waals surface area contributed by atoms with E-state index >= 15 is 0 Å². The number of β-lactam (4-membered cyclic amide) rings is 1. The van der Waals surface area contributed by atoms with E-state index in [1.54, 1.807) is 0 Å². The summed E-state index contributed by atoms with van der Waals surface area (Å²) in [5.74, 6) is -0.186. The van der Waals surface area contributed by atoms with Crippen LogP contribution in [-0.4, -0.2) is 42.5 Å². The average molecular weight is 214 g/mol. The maximum atomic E-state index is 11.5. The van der Waals surface area contributed by atoms with Gasteiger partial charge in [-0.25, -0.2) is 4.79 Å². The normalized spacial score (nSPS) is 22.6. The summed E-state index contributed by atoms with van der Waals surface area (Å²) in [5, 5.41) is 0. The van der Waals surface area contributed by atoms with E-state index in [0.717, 1.165) is 0 Å². The molecule has 2 atom stereocenters. The molecule has 0 aliphatic carbocycles. The van der Waals surface area contributed by atoms with Gasteiger partial charge in [0.1, 0.15) is 12.1 Å². The molecule has 0 saturated carbocycles. The van der Waals surface area contributed by atoms with Crippen LogP contribution in [0.2, 0.25) is 0 Å². The van der Waals surface area contributed by atoms with Crippen LogP contribution in [0.4, 0.5) is 0 Å². The van der Waals surface area contributed by atoms with Gasteiger partial charge in [0.05, 0.1) is 7.11 Å². The minimum atomic E-state index is -0.470. The molecule has 2 N–H and O–H groups in total. The Kier molecular flexibility index (Phi) is 3.68. The number of hydrogen-bond donors (Lipinski definition) is 1. The Labute approximate surface area is 89.6 Å². The van der Waals surface area contributed by atoms with Crippen molar-refractivity contribution in [2.24, 2.45) is 11.7 Å². The lowest BCUT2D eigenvalue weighted by atomic mass is 9.97. The molecule has 86 valence electrons. The molecule has 1 rings (SSSR count). The summed E-state index contributed by atoms with van der Waals surface area (Å²) in [7, 11) is 1.33. The minimum Gasteiger partial charge on any atom is -0.467 e. The number of amides is 1. The molecule has 1 amide bonds. The monoisotopic (exact) mass is 214 g/mol. The molecule has 0 aromatic carbocycles. The second kappa shape index (κ2) is 4.61. The number of ether oxygens (including phenoxy) is 1. The first-order valence-electron chi connectivity index (χ1n) is 5.11. The number of methoxy groups -OCH3 is 1. The molecule has 15 heavy (non-hydrogen) atoms. The van der Waals surface area contributed by atoms with Gasteiger partial charge < -0.3 is 15.4 Å². The van der Waals surface area contributed by atoms with Gasteiger partial charge >= 0.3 is 5.97 Å². The van der Waals surface area contributed by atoms with Gasteiger partial charge in [0.25, 0.3) is 0 Å². The zero-order valence-electron chi connectivity index (χ0n) is 9.40. The summed E-state index contributed by atoms with van der Waals surface area (Å²) in [5.41, 5.74) is 5.48. The first-order valence-corrected chi connectivity index (χ1v) is 5.11. The molecule has 1 fully saturated rings. The van der Waals surface area contributed by atoms with E-state index in [0.29, 0.717) is 18.9 Å². The van der Waals surface area contributed by atoms with Crippen molar-refractivity contribution < 1.29 is 14.3 Å². The first kappa shape index (κ1) is 12.0. The maximum Gasteiger partial charge on any atom is 0.328 e. The van der Waals surface area contributed by atoms with E-state index in [2.05, 4.69) is 4.74 Å². The third kappa shape index (κ3) is 2.47. The SMILES string of the molecule is COC(=O)C(CC(C)C)N1CC(N)C1=O. The van der Waals surface area contributed by atoms with Crippen molar-refractivity contribution in [3.63, 3.8) is 0 Å². The summed E-state index contributed by atoms with van der Waals surface area (Å²) in [6, 6.07) is -0.911. The summed E-state index contributed by atoms with van der Waals surface area (Å²) in [6.07, 6.45) is 0.616. The van der Waals surface area contributed by atoms with Gasteiger partial charge in [-0.15, -0.1) is 0 Å². The second-order valence-corrected chi connectivity index (χ2v) is 4.27. The van der Waals surface area contributed by atoms with Crippen molar-refractivity contribution in [3.05, 3.63) is 0 Å².